The van der Waals surface area contributed by atoms with E-state index in [1.807, 2.05) is 18.2 Å². The number of aliphatic hydroxyl groups excluding tert-OH is 1. The third kappa shape index (κ3) is 5.30. The van der Waals surface area contributed by atoms with Crippen LogP contribution in [0.5, 0.6) is 5.75 Å². The summed E-state index contributed by atoms with van der Waals surface area (Å²) >= 11 is 0. The maximum Gasteiger partial charge on any atom is 0.124 e. The standard InChI is InChI=1S/C17H27NO3/c1-13(2)11-20-12-14(19)10-18-16-7-5-9-21-17-8-4-3-6-15(16)17/h3-4,6,8,13-14,16,18-19H,5,7,9-12H2,1-2H3. The summed E-state index contributed by atoms with van der Waals surface area (Å²) in [6.45, 7) is 6.58. The number of rotatable bonds is 7. The molecule has 0 fully saturated rings. The Morgan fingerprint density at radius 2 is 2.14 bits per heavy atom. The molecule has 0 spiro atoms. The van der Waals surface area contributed by atoms with Crippen LogP contribution >= 0.6 is 0 Å². The van der Waals surface area contributed by atoms with Crippen molar-refractivity contribution in [3.63, 3.8) is 0 Å². The van der Waals surface area contributed by atoms with Crippen LogP contribution in [0.25, 0.3) is 0 Å². The highest BCUT2D eigenvalue weighted by Gasteiger charge is 2.19. The molecule has 0 saturated heterocycles. The van der Waals surface area contributed by atoms with Gasteiger partial charge in [0.1, 0.15) is 5.75 Å². The molecule has 2 atom stereocenters. The van der Waals surface area contributed by atoms with Crippen LogP contribution in [0.15, 0.2) is 24.3 Å². The fourth-order valence-corrected chi connectivity index (χ4v) is 2.51. The molecule has 2 N–H and O–H groups in total. The van der Waals surface area contributed by atoms with Crippen molar-refractivity contribution in [3.8, 4) is 5.75 Å². The summed E-state index contributed by atoms with van der Waals surface area (Å²) in [5, 5.41) is 13.4. The molecule has 1 aliphatic rings. The fraction of sp³-hybridized carbons (Fsp3) is 0.647. The molecule has 1 heterocycles. The topological polar surface area (TPSA) is 50.7 Å². The van der Waals surface area contributed by atoms with Gasteiger partial charge >= 0.3 is 0 Å². The van der Waals surface area contributed by atoms with Crippen LogP contribution < -0.4 is 10.1 Å². The first-order chi connectivity index (χ1) is 10.2. The highest BCUT2D eigenvalue weighted by atomic mass is 16.5. The zero-order valence-electron chi connectivity index (χ0n) is 13.0. The predicted molar refractivity (Wildman–Crippen MR) is 83.6 cm³/mol. The Kier molecular flexibility index (Phi) is 6.49. The molecule has 2 rings (SSSR count). The minimum atomic E-state index is -0.472. The van der Waals surface area contributed by atoms with Gasteiger partial charge in [-0.15, -0.1) is 0 Å². The molecule has 0 bridgehead atoms. The largest absolute Gasteiger partial charge is 0.493 e. The van der Waals surface area contributed by atoms with E-state index in [9.17, 15) is 5.11 Å². The third-order valence-corrected chi connectivity index (χ3v) is 3.55. The average Bonchev–Trinajstić information content (AvgIpc) is 2.67. The Labute approximate surface area is 127 Å². The lowest BCUT2D eigenvalue weighted by Crippen LogP contribution is -2.33. The average molecular weight is 293 g/mol. The number of para-hydroxylation sites is 1. The SMILES string of the molecule is CC(C)COCC(O)CNC1CCCOc2ccccc21. The van der Waals surface area contributed by atoms with Crippen LogP contribution in [0.3, 0.4) is 0 Å². The molecule has 1 aromatic carbocycles. The molecule has 1 aliphatic heterocycles. The number of hydrogen-bond acceptors (Lipinski definition) is 4. The number of benzene rings is 1. The van der Waals surface area contributed by atoms with Gasteiger partial charge in [-0.1, -0.05) is 32.0 Å². The van der Waals surface area contributed by atoms with Crippen LogP contribution in [-0.2, 0) is 4.74 Å². The Morgan fingerprint density at radius 1 is 1.33 bits per heavy atom. The monoisotopic (exact) mass is 293 g/mol. The first-order valence-electron chi connectivity index (χ1n) is 7.87. The Bertz CT molecular complexity index is 422. The second-order valence-electron chi connectivity index (χ2n) is 6.07. The van der Waals surface area contributed by atoms with Crippen molar-refractivity contribution in [2.24, 2.45) is 5.92 Å². The Morgan fingerprint density at radius 3 is 2.95 bits per heavy atom. The molecule has 1 aromatic rings. The van der Waals surface area contributed by atoms with Gasteiger partial charge in [-0.05, 0) is 24.8 Å². The number of nitrogens with one attached hydrogen (secondary N) is 1. The molecule has 0 amide bonds. The van der Waals surface area contributed by atoms with E-state index in [0.717, 1.165) is 25.2 Å². The molecule has 4 heteroatoms. The highest BCUT2D eigenvalue weighted by Crippen LogP contribution is 2.30. The molecular formula is C17H27NO3. The maximum atomic E-state index is 9.99. The normalized spacial score (nSPS) is 19.7. The van der Waals surface area contributed by atoms with Crippen molar-refractivity contribution in [3.05, 3.63) is 29.8 Å². The van der Waals surface area contributed by atoms with Crippen molar-refractivity contribution in [2.45, 2.75) is 38.8 Å². The van der Waals surface area contributed by atoms with Gasteiger partial charge in [-0.3, -0.25) is 0 Å². The van der Waals surface area contributed by atoms with E-state index in [1.54, 1.807) is 0 Å². The highest BCUT2D eigenvalue weighted by molar-refractivity contribution is 5.36. The van der Waals surface area contributed by atoms with E-state index in [4.69, 9.17) is 9.47 Å². The van der Waals surface area contributed by atoms with E-state index in [-0.39, 0.29) is 6.04 Å². The van der Waals surface area contributed by atoms with Gasteiger partial charge in [0, 0.05) is 24.8 Å². The molecule has 2 unspecified atom stereocenters. The summed E-state index contributed by atoms with van der Waals surface area (Å²) in [4.78, 5) is 0. The van der Waals surface area contributed by atoms with Crippen molar-refractivity contribution >= 4 is 0 Å². The van der Waals surface area contributed by atoms with Gasteiger partial charge in [0.05, 0.1) is 19.3 Å². The Balaban J connectivity index is 1.82. The van der Waals surface area contributed by atoms with Gasteiger partial charge in [0.2, 0.25) is 0 Å². The van der Waals surface area contributed by atoms with Gasteiger partial charge in [-0.25, -0.2) is 0 Å². The van der Waals surface area contributed by atoms with E-state index in [2.05, 4.69) is 25.2 Å². The molecule has 118 valence electrons. The lowest BCUT2D eigenvalue weighted by molar-refractivity contribution is 0.0248. The molecule has 4 nitrogen and oxygen atoms in total. The van der Waals surface area contributed by atoms with Crippen molar-refractivity contribution in [1.29, 1.82) is 0 Å². The van der Waals surface area contributed by atoms with E-state index in [1.165, 1.54) is 5.56 Å². The fourth-order valence-electron chi connectivity index (χ4n) is 2.51. The number of aliphatic hydroxyl groups is 1. The summed E-state index contributed by atoms with van der Waals surface area (Å²) in [6.07, 6.45) is 1.57. The van der Waals surface area contributed by atoms with Gasteiger partial charge < -0.3 is 19.9 Å². The van der Waals surface area contributed by atoms with Gasteiger partial charge in [0.25, 0.3) is 0 Å². The van der Waals surface area contributed by atoms with E-state index < -0.39 is 6.10 Å². The van der Waals surface area contributed by atoms with Crippen molar-refractivity contribution < 1.29 is 14.6 Å². The summed E-state index contributed by atoms with van der Waals surface area (Å²) in [6, 6.07) is 8.38. The lowest BCUT2D eigenvalue weighted by Gasteiger charge is -2.20. The number of fused-ring (bicyclic) bond motifs is 1. The second-order valence-corrected chi connectivity index (χ2v) is 6.07. The van der Waals surface area contributed by atoms with Crippen LogP contribution in [0.1, 0.15) is 38.3 Å². The predicted octanol–water partition coefficient (Wildman–Crippen LogP) is 2.52. The quantitative estimate of drug-likeness (QED) is 0.811. The Hall–Kier alpha value is -1.10. The third-order valence-electron chi connectivity index (χ3n) is 3.55. The van der Waals surface area contributed by atoms with Crippen LogP contribution in [0.4, 0.5) is 0 Å². The minimum absolute atomic E-state index is 0.239. The smallest absolute Gasteiger partial charge is 0.124 e. The van der Waals surface area contributed by atoms with Gasteiger partial charge in [-0.2, -0.15) is 0 Å². The van der Waals surface area contributed by atoms with E-state index >= 15 is 0 Å². The van der Waals surface area contributed by atoms with E-state index in [0.29, 0.717) is 25.7 Å². The molecule has 0 aromatic heterocycles. The molecule has 21 heavy (non-hydrogen) atoms. The molecule has 0 aliphatic carbocycles. The van der Waals surface area contributed by atoms with Crippen LogP contribution in [0.2, 0.25) is 0 Å². The van der Waals surface area contributed by atoms with Crippen LogP contribution in [-0.4, -0.2) is 37.6 Å². The zero-order valence-corrected chi connectivity index (χ0v) is 13.0. The van der Waals surface area contributed by atoms with Crippen molar-refractivity contribution in [2.75, 3.05) is 26.4 Å². The summed E-state index contributed by atoms with van der Waals surface area (Å²) in [5.41, 5.74) is 1.19. The summed E-state index contributed by atoms with van der Waals surface area (Å²) in [7, 11) is 0. The molecule has 0 saturated carbocycles. The summed E-state index contributed by atoms with van der Waals surface area (Å²) < 4.78 is 11.2. The lowest BCUT2D eigenvalue weighted by atomic mass is 10.0. The maximum absolute atomic E-state index is 9.99. The second kappa shape index (κ2) is 8.37. The number of hydrogen-bond donors (Lipinski definition) is 2. The van der Waals surface area contributed by atoms with Gasteiger partial charge in [0.15, 0.2) is 0 Å². The molecular weight excluding hydrogens is 266 g/mol. The first-order valence-corrected chi connectivity index (χ1v) is 7.87. The zero-order chi connectivity index (χ0) is 15.1. The summed E-state index contributed by atoms with van der Waals surface area (Å²) in [5.74, 6) is 1.45. The molecule has 0 radical (unpaired) electrons. The minimum Gasteiger partial charge on any atom is -0.493 e. The first kappa shape index (κ1) is 16.3. The van der Waals surface area contributed by atoms with Crippen molar-refractivity contribution in [1.82, 2.24) is 5.32 Å². The number of ether oxygens (including phenoxy) is 2. The van der Waals surface area contributed by atoms with Crippen LogP contribution in [0, 0.1) is 5.92 Å².